The molecule has 2 rings (SSSR count). The molecule has 0 aromatic heterocycles. The molecule has 2 fully saturated rings. The van der Waals surface area contributed by atoms with Crippen molar-refractivity contribution in [2.24, 2.45) is 11.8 Å². The molecule has 1 aliphatic carbocycles. The van der Waals surface area contributed by atoms with E-state index in [1.54, 1.807) is 0 Å². The van der Waals surface area contributed by atoms with Gasteiger partial charge in [0.15, 0.2) is 0 Å². The van der Waals surface area contributed by atoms with Gasteiger partial charge in [0.25, 0.3) is 0 Å². The van der Waals surface area contributed by atoms with E-state index >= 15 is 0 Å². The third kappa shape index (κ3) is 1.44. The second-order valence-electron chi connectivity index (χ2n) is 4.70. The van der Waals surface area contributed by atoms with E-state index in [9.17, 15) is 0 Å². The molecule has 1 aliphatic heterocycles. The summed E-state index contributed by atoms with van der Waals surface area (Å²) in [4.78, 5) is 0. The summed E-state index contributed by atoms with van der Waals surface area (Å²) in [5.41, 5.74) is 0.632. The smallest absolute Gasteiger partial charge is 0.0185 e. The first kappa shape index (κ1) is 7.60. The first-order chi connectivity index (χ1) is 5.22. The predicted molar refractivity (Wildman–Crippen MR) is 47.5 cm³/mol. The maximum Gasteiger partial charge on any atom is 0.0185 e. The molecule has 0 radical (unpaired) electrons. The Morgan fingerprint density at radius 1 is 1.36 bits per heavy atom. The van der Waals surface area contributed by atoms with Gasteiger partial charge in [0.05, 0.1) is 0 Å². The molecule has 1 spiro atoms. The Balaban J connectivity index is 1.93. The van der Waals surface area contributed by atoms with Gasteiger partial charge in [0.1, 0.15) is 0 Å². The summed E-state index contributed by atoms with van der Waals surface area (Å²) in [7, 11) is 0. The van der Waals surface area contributed by atoms with Crippen molar-refractivity contribution in [3.05, 3.63) is 0 Å². The lowest BCUT2D eigenvalue weighted by Crippen LogP contribution is -2.41. The molecule has 0 unspecified atom stereocenters. The van der Waals surface area contributed by atoms with Crippen molar-refractivity contribution in [2.75, 3.05) is 6.54 Å². The van der Waals surface area contributed by atoms with Crippen molar-refractivity contribution in [3.63, 3.8) is 0 Å². The molecule has 1 heterocycles. The summed E-state index contributed by atoms with van der Waals surface area (Å²) in [6.07, 6.45) is 5.73. The standard InChI is InChI=1S/C10H19N/c1-8(2)9-3-6-11-10(7-9)4-5-10/h8-9,11H,3-7H2,1-2H3/t9-/m0/s1. The van der Waals surface area contributed by atoms with Crippen LogP contribution < -0.4 is 5.32 Å². The Bertz CT molecular complexity index is 147. The van der Waals surface area contributed by atoms with E-state index in [2.05, 4.69) is 19.2 Å². The SMILES string of the molecule is CC(C)[C@H]1CCNC2(CC2)C1. The number of hydrogen-bond acceptors (Lipinski definition) is 1. The Hall–Kier alpha value is -0.0400. The van der Waals surface area contributed by atoms with Crippen LogP contribution in [0.25, 0.3) is 0 Å². The zero-order chi connectivity index (χ0) is 7.90. The molecule has 0 bridgehead atoms. The second-order valence-corrected chi connectivity index (χ2v) is 4.70. The molecule has 0 aromatic carbocycles. The maximum absolute atomic E-state index is 3.65. The molecule has 64 valence electrons. The van der Waals surface area contributed by atoms with E-state index in [0.29, 0.717) is 5.54 Å². The predicted octanol–water partition coefficient (Wildman–Crippen LogP) is 2.17. The van der Waals surface area contributed by atoms with Gasteiger partial charge < -0.3 is 5.32 Å². The average molecular weight is 153 g/mol. The molecule has 1 heteroatoms. The average Bonchev–Trinajstić information content (AvgIpc) is 2.69. The molecule has 2 aliphatic rings. The summed E-state index contributed by atoms with van der Waals surface area (Å²) in [5, 5.41) is 3.65. The number of rotatable bonds is 1. The maximum atomic E-state index is 3.65. The highest BCUT2D eigenvalue weighted by atomic mass is 15.0. The summed E-state index contributed by atoms with van der Waals surface area (Å²) >= 11 is 0. The van der Waals surface area contributed by atoms with Gasteiger partial charge in [0.2, 0.25) is 0 Å². The van der Waals surface area contributed by atoms with Crippen molar-refractivity contribution < 1.29 is 0 Å². The van der Waals surface area contributed by atoms with Gasteiger partial charge in [-0.25, -0.2) is 0 Å². The van der Waals surface area contributed by atoms with Gasteiger partial charge in [-0.3, -0.25) is 0 Å². The summed E-state index contributed by atoms with van der Waals surface area (Å²) < 4.78 is 0. The molecular weight excluding hydrogens is 134 g/mol. The highest BCUT2D eigenvalue weighted by Gasteiger charge is 2.45. The van der Waals surface area contributed by atoms with E-state index in [4.69, 9.17) is 0 Å². The van der Waals surface area contributed by atoms with Crippen LogP contribution in [-0.4, -0.2) is 12.1 Å². The fourth-order valence-corrected chi connectivity index (χ4v) is 2.30. The normalized spacial score (nSPS) is 34.6. The van der Waals surface area contributed by atoms with Crippen LogP contribution in [0.15, 0.2) is 0 Å². The van der Waals surface area contributed by atoms with E-state index in [1.807, 2.05) is 0 Å². The first-order valence-corrected chi connectivity index (χ1v) is 4.97. The Labute approximate surface area is 69.6 Å². The largest absolute Gasteiger partial charge is 0.311 e. The molecule has 1 N–H and O–H groups in total. The fourth-order valence-electron chi connectivity index (χ4n) is 2.30. The molecule has 1 saturated heterocycles. The minimum Gasteiger partial charge on any atom is -0.311 e. The van der Waals surface area contributed by atoms with Crippen LogP contribution in [0.5, 0.6) is 0 Å². The van der Waals surface area contributed by atoms with Crippen LogP contribution in [0.1, 0.15) is 39.5 Å². The second kappa shape index (κ2) is 2.48. The summed E-state index contributed by atoms with van der Waals surface area (Å²) in [5.74, 6) is 1.90. The third-order valence-corrected chi connectivity index (χ3v) is 3.46. The van der Waals surface area contributed by atoms with Crippen LogP contribution in [0.2, 0.25) is 0 Å². The van der Waals surface area contributed by atoms with Gasteiger partial charge in [-0.1, -0.05) is 13.8 Å². The third-order valence-electron chi connectivity index (χ3n) is 3.46. The Morgan fingerprint density at radius 3 is 2.64 bits per heavy atom. The van der Waals surface area contributed by atoms with Crippen LogP contribution in [0.3, 0.4) is 0 Å². The lowest BCUT2D eigenvalue weighted by molar-refractivity contribution is 0.231. The van der Waals surface area contributed by atoms with E-state index in [-0.39, 0.29) is 0 Å². The first-order valence-electron chi connectivity index (χ1n) is 4.97. The number of piperidine rings is 1. The van der Waals surface area contributed by atoms with Crippen molar-refractivity contribution in [3.8, 4) is 0 Å². The summed E-state index contributed by atoms with van der Waals surface area (Å²) in [6.45, 7) is 6.00. The molecule has 0 amide bonds. The van der Waals surface area contributed by atoms with E-state index in [1.165, 1.54) is 32.2 Å². The molecule has 11 heavy (non-hydrogen) atoms. The van der Waals surface area contributed by atoms with Crippen molar-refractivity contribution in [2.45, 2.75) is 45.1 Å². The zero-order valence-electron chi connectivity index (χ0n) is 7.69. The van der Waals surface area contributed by atoms with E-state index < -0.39 is 0 Å². The van der Waals surface area contributed by atoms with Crippen molar-refractivity contribution in [1.82, 2.24) is 5.32 Å². The number of hydrogen-bond donors (Lipinski definition) is 1. The van der Waals surface area contributed by atoms with Crippen molar-refractivity contribution >= 4 is 0 Å². The van der Waals surface area contributed by atoms with Crippen LogP contribution >= 0.6 is 0 Å². The summed E-state index contributed by atoms with van der Waals surface area (Å²) in [6, 6.07) is 0. The zero-order valence-corrected chi connectivity index (χ0v) is 7.69. The van der Waals surface area contributed by atoms with E-state index in [0.717, 1.165) is 11.8 Å². The monoisotopic (exact) mass is 153 g/mol. The fraction of sp³-hybridized carbons (Fsp3) is 1.00. The lowest BCUT2D eigenvalue weighted by atomic mass is 9.83. The van der Waals surface area contributed by atoms with Crippen LogP contribution in [0.4, 0.5) is 0 Å². The Morgan fingerprint density at radius 2 is 2.09 bits per heavy atom. The van der Waals surface area contributed by atoms with Gasteiger partial charge in [0, 0.05) is 5.54 Å². The Kier molecular flexibility index (Phi) is 1.71. The molecule has 1 nitrogen and oxygen atoms in total. The highest BCUT2D eigenvalue weighted by molar-refractivity contribution is 5.05. The quantitative estimate of drug-likeness (QED) is 0.609. The molecule has 1 saturated carbocycles. The lowest BCUT2D eigenvalue weighted by Gasteiger charge is -2.32. The molecule has 1 atom stereocenters. The molecule has 0 aromatic rings. The minimum atomic E-state index is 0.632. The van der Waals surface area contributed by atoms with Crippen LogP contribution in [0, 0.1) is 11.8 Å². The van der Waals surface area contributed by atoms with Gasteiger partial charge in [-0.2, -0.15) is 0 Å². The van der Waals surface area contributed by atoms with Gasteiger partial charge in [-0.05, 0) is 44.1 Å². The molecular formula is C10H19N. The minimum absolute atomic E-state index is 0.632. The topological polar surface area (TPSA) is 12.0 Å². The number of nitrogens with one attached hydrogen (secondary N) is 1. The van der Waals surface area contributed by atoms with Gasteiger partial charge in [-0.15, -0.1) is 0 Å². The highest BCUT2D eigenvalue weighted by Crippen LogP contribution is 2.45. The van der Waals surface area contributed by atoms with Crippen LogP contribution in [-0.2, 0) is 0 Å². The van der Waals surface area contributed by atoms with Gasteiger partial charge >= 0.3 is 0 Å². The van der Waals surface area contributed by atoms with Crippen molar-refractivity contribution in [1.29, 1.82) is 0 Å².